The maximum absolute atomic E-state index is 10.9. The summed E-state index contributed by atoms with van der Waals surface area (Å²) in [5.74, 6) is 0.402. The van der Waals surface area contributed by atoms with Gasteiger partial charge in [-0.05, 0) is 18.0 Å². The van der Waals surface area contributed by atoms with E-state index in [1.807, 2.05) is 0 Å². The summed E-state index contributed by atoms with van der Waals surface area (Å²) in [6.07, 6.45) is 1.64. The van der Waals surface area contributed by atoms with Gasteiger partial charge in [-0.2, -0.15) is 4.98 Å². The predicted molar refractivity (Wildman–Crippen MR) is 62.7 cm³/mol. The van der Waals surface area contributed by atoms with Crippen LogP contribution < -0.4 is 5.32 Å². The summed E-state index contributed by atoms with van der Waals surface area (Å²) in [6.45, 7) is 0.418. The predicted octanol–water partition coefficient (Wildman–Crippen LogP) is 1.03. The van der Waals surface area contributed by atoms with Gasteiger partial charge in [0.05, 0.1) is 5.75 Å². The number of rotatable bonds is 5. The first kappa shape index (κ1) is 13.4. The number of anilines is 1. The van der Waals surface area contributed by atoms with E-state index >= 15 is 0 Å². The van der Waals surface area contributed by atoms with Gasteiger partial charge in [-0.3, -0.25) is 0 Å². The fourth-order valence-corrected chi connectivity index (χ4v) is 1.88. The maximum atomic E-state index is 10.9. The summed E-state index contributed by atoms with van der Waals surface area (Å²) >= 11 is 11.2. The third kappa shape index (κ3) is 4.91. The monoisotopic (exact) mass is 284 g/mol. The van der Waals surface area contributed by atoms with Crippen LogP contribution in [0.1, 0.15) is 6.42 Å². The quantitative estimate of drug-likeness (QED) is 0.813. The van der Waals surface area contributed by atoms with Gasteiger partial charge >= 0.3 is 0 Å². The molecule has 0 radical (unpaired) electrons. The molecule has 0 fully saturated rings. The van der Waals surface area contributed by atoms with Crippen LogP contribution in [0.3, 0.4) is 0 Å². The van der Waals surface area contributed by atoms with E-state index in [1.165, 1.54) is 6.26 Å². The average molecular weight is 285 g/mol. The van der Waals surface area contributed by atoms with E-state index in [2.05, 4.69) is 20.5 Å². The Bertz CT molecular complexity index is 465. The van der Waals surface area contributed by atoms with Crippen molar-refractivity contribution < 1.29 is 8.42 Å². The van der Waals surface area contributed by atoms with Gasteiger partial charge in [-0.25, -0.2) is 8.42 Å². The molecule has 0 atom stereocenters. The summed E-state index contributed by atoms with van der Waals surface area (Å²) in [4.78, 5) is 3.81. The highest BCUT2D eigenvalue weighted by atomic mass is 35.5. The molecule has 1 heterocycles. The van der Waals surface area contributed by atoms with E-state index in [9.17, 15) is 8.42 Å². The number of sulfone groups is 1. The molecule has 1 aromatic rings. The van der Waals surface area contributed by atoms with Gasteiger partial charge in [-0.1, -0.05) is 11.6 Å². The van der Waals surface area contributed by atoms with E-state index in [0.29, 0.717) is 18.8 Å². The van der Waals surface area contributed by atoms with Gasteiger partial charge in [0, 0.05) is 12.8 Å². The van der Waals surface area contributed by atoms with Crippen LogP contribution in [0.15, 0.2) is 0 Å². The van der Waals surface area contributed by atoms with Gasteiger partial charge < -0.3 is 5.32 Å². The number of nitrogens with one attached hydrogen (secondary N) is 1. The van der Waals surface area contributed by atoms with Crippen molar-refractivity contribution in [1.82, 2.24) is 15.2 Å². The number of halogens is 2. The summed E-state index contributed by atoms with van der Waals surface area (Å²) in [5.41, 5.74) is 0. The van der Waals surface area contributed by atoms with Gasteiger partial charge in [0.25, 0.3) is 0 Å². The fraction of sp³-hybridized carbons (Fsp3) is 0.571. The first-order valence-electron chi connectivity index (χ1n) is 4.36. The van der Waals surface area contributed by atoms with Gasteiger partial charge in [0.1, 0.15) is 9.84 Å². The van der Waals surface area contributed by atoms with E-state index in [1.54, 1.807) is 0 Å². The van der Waals surface area contributed by atoms with Crippen molar-refractivity contribution in [3.8, 4) is 0 Å². The molecule has 0 unspecified atom stereocenters. The normalized spacial score (nSPS) is 11.4. The molecule has 6 nitrogen and oxygen atoms in total. The molecule has 1 aromatic heterocycles. The maximum Gasteiger partial charge on any atom is 0.245 e. The second-order valence-corrected chi connectivity index (χ2v) is 6.09. The van der Waals surface area contributed by atoms with Gasteiger partial charge in [0.15, 0.2) is 11.0 Å². The Labute approximate surface area is 103 Å². The fourth-order valence-electron chi connectivity index (χ4n) is 0.947. The highest BCUT2D eigenvalue weighted by Gasteiger charge is 2.06. The van der Waals surface area contributed by atoms with Gasteiger partial charge in [0.2, 0.25) is 5.28 Å². The lowest BCUT2D eigenvalue weighted by Crippen LogP contribution is -2.11. The summed E-state index contributed by atoms with van der Waals surface area (Å²) < 4.78 is 21.7. The minimum absolute atomic E-state index is 0.0185. The number of hydrogen-bond acceptors (Lipinski definition) is 6. The Morgan fingerprint density at radius 3 is 2.62 bits per heavy atom. The third-order valence-corrected chi connectivity index (χ3v) is 3.05. The SMILES string of the molecule is CS(=O)(=O)CCCNc1nc(Cl)nnc1Cl. The molecular weight excluding hydrogens is 275 g/mol. The zero-order valence-electron chi connectivity index (χ0n) is 8.44. The van der Waals surface area contributed by atoms with Crippen molar-refractivity contribution in [2.75, 3.05) is 23.9 Å². The van der Waals surface area contributed by atoms with Crippen molar-refractivity contribution >= 4 is 38.9 Å². The van der Waals surface area contributed by atoms with E-state index in [0.717, 1.165) is 0 Å². The van der Waals surface area contributed by atoms with Crippen LogP contribution in [0.5, 0.6) is 0 Å². The van der Waals surface area contributed by atoms with Crippen LogP contribution in [0.25, 0.3) is 0 Å². The lowest BCUT2D eigenvalue weighted by atomic mass is 10.5. The molecule has 1 rings (SSSR count). The van der Waals surface area contributed by atoms with Crippen molar-refractivity contribution in [3.05, 3.63) is 10.4 Å². The standard InChI is InChI=1S/C7H10Cl2N4O2S/c1-16(14,15)4-2-3-10-6-5(8)12-13-7(9)11-6/h2-4H2,1H3,(H,10,11,13). The Kier molecular flexibility index (Phi) is 4.69. The second-order valence-electron chi connectivity index (χ2n) is 3.13. The third-order valence-electron chi connectivity index (χ3n) is 1.60. The molecule has 0 aromatic carbocycles. The molecule has 0 aliphatic carbocycles. The highest BCUT2D eigenvalue weighted by molar-refractivity contribution is 7.90. The largest absolute Gasteiger partial charge is 0.367 e. The summed E-state index contributed by atoms with van der Waals surface area (Å²) in [6, 6.07) is 0. The minimum atomic E-state index is -2.94. The smallest absolute Gasteiger partial charge is 0.245 e. The topological polar surface area (TPSA) is 84.8 Å². The molecule has 0 saturated heterocycles. The Balaban J connectivity index is 2.46. The van der Waals surface area contributed by atoms with E-state index in [-0.39, 0.29) is 16.2 Å². The van der Waals surface area contributed by atoms with Crippen LogP contribution in [0.2, 0.25) is 10.4 Å². The molecule has 0 bridgehead atoms. The number of nitrogens with zero attached hydrogens (tertiary/aromatic N) is 3. The van der Waals surface area contributed by atoms with Gasteiger partial charge in [-0.15, -0.1) is 10.2 Å². The zero-order valence-corrected chi connectivity index (χ0v) is 10.8. The minimum Gasteiger partial charge on any atom is -0.367 e. The second kappa shape index (κ2) is 5.60. The molecule has 0 spiro atoms. The summed E-state index contributed by atoms with van der Waals surface area (Å²) in [5, 5.41) is 9.90. The van der Waals surface area contributed by atoms with Crippen molar-refractivity contribution in [2.45, 2.75) is 6.42 Å². The lowest BCUT2D eigenvalue weighted by Gasteiger charge is -2.05. The first-order valence-corrected chi connectivity index (χ1v) is 7.17. The molecular formula is C7H10Cl2N4O2S. The summed E-state index contributed by atoms with van der Waals surface area (Å²) in [7, 11) is -2.94. The van der Waals surface area contributed by atoms with Crippen molar-refractivity contribution in [3.63, 3.8) is 0 Å². The van der Waals surface area contributed by atoms with Crippen LogP contribution in [-0.2, 0) is 9.84 Å². The molecule has 90 valence electrons. The molecule has 0 aliphatic heterocycles. The van der Waals surface area contributed by atoms with E-state index in [4.69, 9.17) is 23.2 Å². The van der Waals surface area contributed by atoms with E-state index < -0.39 is 9.84 Å². The highest BCUT2D eigenvalue weighted by Crippen LogP contribution is 2.16. The van der Waals surface area contributed by atoms with Crippen LogP contribution in [0, 0.1) is 0 Å². The van der Waals surface area contributed by atoms with Crippen molar-refractivity contribution in [1.29, 1.82) is 0 Å². The Morgan fingerprint density at radius 1 is 1.31 bits per heavy atom. The number of hydrogen-bond donors (Lipinski definition) is 1. The average Bonchev–Trinajstić information content (AvgIpc) is 2.16. The van der Waals surface area contributed by atoms with Crippen molar-refractivity contribution in [2.24, 2.45) is 0 Å². The Hall–Kier alpha value is -0.660. The molecule has 0 aliphatic rings. The molecule has 0 saturated carbocycles. The van der Waals surface area contributed by atoms with Crippen LogP contribution in [-0.4, -0.2) is 42.2 Å². The number of aromatic nitrogens is 3. The first-order chi connectivity index (χ1) is 7.38. The zero-order chi connectivity index (χ0) is 12.2. The Morgan fingerprint density at radius 2 is 2.00 bits per heavy atom. The lowest BCUT2D eigenvalue weighted by molar-refractivity contribution is 0.600. The molecule has 16 heavy (non-hydrogen) atoms. The van der Waals surface area contributed by atoms with Crippen LogP contribution in [0.4, 0.5) is 5.82 Å². The molecule has 9 heteroatoms. The van der Waals surface area contributed by atoms with Crippen LogP contribution >= 0.6 is 23.2 Å². The molecule has 0 amide bonds. The molecule has 1 N–H and O–H groups in total.